The van der Waals surface area contributed by atoms with E-state index in [1.54, 1.807) is 25.4 Å². The van der Waals surface area contributed by atoms with E-state index >= 15 is 0 Å². The number of hydrogen-bond donors (Lipinski definition) is 1. The van der Waals surface area contributed by atoms with Crippen molar-refractivity contribution in [3.05, 3.63) is 29.6 Å². The Labute approximate surface area is 105 Å². The van der Waals surface area contributed by atoms with Gasteiger partial charge in [-0.3, -0.25) is 0 Å². The van der Waals surface area contributed by atoms with Crippen molar-refractivity contribution in [2.24, 2.45) is 5.73 Å². The first kappa shape index (κ1) is 12.4. The van der Waals surface area contributed by atoms with Crippen molar-refractivity contribution in [2.75, 3.05) is 7.11 Å². The second kappa shape index (κ2) is 5.50. The Kier molecular flexibility index (Phi) is 3.78. The summed E-state index contributed by atoms with van der Waals surface area (Å²) in [6.07, 6.45) is 2.55. The van der Waals surface area contributed by atoms with Crippen molar-refractivity contribution in [1.82, 2.24) is 20.2 Å². The first-order valence-electron chi connectivity index (χ1n) is 5.71. The highest BCUT2D eigenvalue weighted by molar-refractivity contribution is 5.48. The second-order valence-corrected chi connectivity index (χ2v) is 3.68. The molecule has 2 rings (SSSR count). The number of ether oxygens (including phenoxy) is 1. The van der Waals surface area contributed by atoms with Gasteiger partial charge in [-0.15, -0.1) is 10.2 Å². The van der Waals surface area contributed by atoms with Crippen molar-refractivity contribution >= 4 is 0 Å². The molecule has 6 heteroatoms. The van der Waals surface area contributed by atoms with Crippen LogP contribution in [0.15, 0.2) is 18.3 Å². The van der Waals surface area contributed by atoms with Gasteiger partial charge in [0, 0.05) is 30.1 Å². The van der Waals surface area contributed by atoms with Crippen molar-refractivity contribution in [1.29, 1.82) is 0 Å². The van der Waals surface area contributed by atoms with Crippen molar-refractivity contribution in [2.45, 2.75) is 19.9 Å². The maximum Gasteiger partial charge on any atom is 0.233 e. The maximum atomic E-state index is 5.63. The Morgan fingerprint density at radius 1 is 1.28 bits per heavy atom. The molecule has 0 aromatic carbocycles. The normalized spacial score (nSPS) is 10.4. The summed E-state index contributed by atoms with van der Waals surface area (Å²) in [5, 5.41) is 7.91. The fraction of sp³-hybridized carbons (Fsp3) is 0.333. The SMILES string of the molecule is CCc1nc(-c2ccc(OC)nn2)ncc1CN. The minimum Gasteiger partial charge on any atom is -0.480 e. The monoisotopic (exact) mass is 245 g/mol. The van der Waals surface area contributed by atoms with Crippen LogP contribution in [-0.4, -0.2) is 27.3 Å². The van der Waals surface area contributed by atoms with Crippen molar-refractivity contribution in [3.8, 4) is 17.4 Å². The lowest BCUT2D eigenvalue weighted by atomic mass is 10.2. The van der Waals surface area contributed by atoms with Crippen LogP contribution in [0.2, 0.25) is 0 Å². The van der Waals surface area contributed by atoms with E-state index < -0.39 is 0 Å². The maximum absolute atomic E-state index is 5.63. The zero-order valence-corrected chi connectivity index (χ0v) is 10.4. The first-order chi connectivity index (χ1) is 8.78. The molecule has 0 bridgehead atoms. The summed E-state index contributed by atoms with van der Waals surface area (Å²) < 4.78 is 4.96. The largest absolute Gasteiger partial charge is 0.480 e. The molecule has 0 aliphatic carbocycles. The van der Waals surface area contributed by atoms with Gasteiger partial charge in [0.2, 0.25) is 5.88 Å². The van der Waals surface area contributed by atoms with Crippen LogP contribution in [0.25, 0.3) is 11.5 Å². The van der Waals surface area contributed by atoms with Crippen LogP contribution in [0.1, 0.15) is 18.2 Å². The van der Waals surface area contributed by atoms with Crippen molar-refractivity contribution < 1.29 is 4.74 Å². The molecule has 0 aliphatic heterocycles. The molecule has 2 N–H and O–H groups in total. The molecule has 0 unspecified atom stereocenters. The molecule has 6 nitrogen and oxygen atoms in total. The Balaban J connectivity index is 2.37. The average Bonchev–Trinajstić information content (AvgIpc) is 2.46. The van der Waals surface area contributed by atoms with Crippen LogP contribution >= 0.6 is 0 Å². The molecular weight excluding hydrogens is 230 g/mol. The minimum absolute atomic E-state index is 0.442. The topological polar surface area (TPSA) is 86.8 Å². The van der Waals surface area contributed by atoms with E-state index in [4.69, 9.17) is 10.5 Å². The molecule has 0 aliphatic rings. The highest BCUT2D eigenvalue weighted by atomic mass is 16.5. The van der Waals surface area contributed by atoms with E-state index in [1.165, 1.54) is 0 Å². The Hall–Kier alpha value is -2.08. The van der Waals surface area contributed by atoms with Crippen molar-refractivity contribution in [3.63, 3.8) is 0 Å². The smallest absolute Gasteiger partial charge is 0.233 e. The van der Waals surface area contributed by atoms with Crippen LogP contribution in [0.4, 0.5) is 0 Å². The van der Waals surface area contributed by atoms with E-state index in [1.807, 2.05) is 6.92 Å². The van der Waals surface area contributed by atoms with Gasteiger partial charge in [0.15, 0.2) is 5.82 Å². The van der Waals surface area contributed by atoms with Gasteiger partial charge in [0.1, 0.15) is 5.69 Å². The van der Waals surface area contributed by atoms with Crippen LogP contribution in [0.3, 0.4) is 0 Å². The lowest BCUT2D eigenvalue weighted by Gasteiger charge is -2.06. The number of aromatic nitrogens is 4. The van der Waals surface area contributed by atoms with Gasteiger partial charge < -0.3 is 10.5 Å². The van der Waals surface area contributed by atoms with Crippen LogP contribution in [-0.2, 0) is 13.0 Å². The fourth-order valence-electron chi connectivity index (χ4n) is 1.59. The van der Waals surface area contributed by atoms with Gasteiger partial charge in [-0.05, 0) is 12.5 Å². The first-order valence-corrected chi connectivity index (χ1v) is 5.71. The third-order valence-electron chi connectivity index (χ3n) is 2.59. The molecule has 0 saturated carbocycles. The fourth-order valence-corrected chi connectivity index (χ4v) is 1.59. The molecule has 94 valence electrons. The zero-order chi connectivity index (χ0) is 13.0. The predicted molar refractivity (Wildman–Crippen MR) is 66.9 cm³/mol. The summed E-state index contributed by atoms with van der Waals surface area (Å²) in [6.45, 7) is 2.47. The number of hydrogen-bond acceptors (Lipinski definition) is 6. The Morgan fingerprint density at radius 2 is 2.11 bits per heavy atom. The van der Waals surface area contributed by atoms with Gasteiger partial charge in [-0.1, -0.05) is 6.92 Å². The highest BCUT2D eigenvalue weighted by Gasteiger charge is 2.08. The van der Waals surface area contributed by atoms with Crippen LogP contribution < -0.4 is 10.5 Å². The molecule has 2 aromatic heterocycles. The van der Waals surface area contributed by atoms with Crippen LogP contribution in [0, 0.1) is 0 Å². The third kappa shape index (κ3) is 2.43. The number of nitrogens with two attached hydrogens (primary N) is 1. The number of nitrogens with zero attached hydrogens (tertiary/aromatic N) is 4. The van der Waals surface area contributed by atoms with E-state index in [0.717, 1.165) is 17.7 Å². The standard InChI is InChI=1S/C12H15N5O/c1-3-9-8(6-13)7-14-12(15-9)10-4-5-11(18-2)17-16-10/h4-5,7H,3,6,13H2,1-2H3. The predicted octanol–water partition coefficient (Wildman–Crippen LogP) is 0.963. The van der Waals surface area contributed by atoms with Crippen LogP contribution in [0.5, 0.6) is 5.88 Å². The molecule has 0 saturated heterocycles. The Bertz CT molecular complexity index is 526. The molecule has 0 spiro atoms. The van der Waals surface area contributed by atoms with E-state index in [-0.39, 0.29) is 0 Å². The van der Waals surface area contributed by atoms with Gasteiger partial charge >= 0.3 is 0 Å². The minimum atomic E-state index is 0.442. The number of methoxy groups -OCH3 is 1. The second-order valence-electron chi connectivity index (χ2n) is 3.68. The third-order valence-corrected chi connectivity index (χ3v) is 2.59. The lowest BCUT2D eigenvalue weighted by molar-refractivity contribution is 0.392. The molecule has 0 amide bonds. The molecule has 0 fully saturated rings. The summed E-state index contributed by atoms with van der Waals surface area (Å²) in [7, 11) is 1.55. The van der Waals surface area contributed by atoms with E-state index in [2.05, 4.69) is 20.2 Å². The summed E-state index contributed by atoms with van der Waals surface area (Å²) in [4.78, 5) is 8.70. The summed E-state index contributed by atoms with van der Waals surface area (Å²) in [6, 6.07) is 3.51. The summed E-state index contributed by atoms with van der Waals surface area (Å²) >= 11 is 0. The molecule has 2 heterocycles. The van der Waals surface area contributed by atoms with Gasteiger partial charge in [0.25, 0.3) is 0 Å². The lowest BCUT2D eigenvalue weighted by Crippen LogP contribution is -2.06. The molecular formula is C12H15N5O. The summed E-state index contributed by atoms with van der Waals surface area (Å²) in [5.41, 5.74) is 8.15. The number of aryl methyl sites for hydroxylation is 1. The van der Waals surface area contributed by atoms with Gasteiger partial charge in [-0.25, -0.2) is 9.97 Å². The molecule has 18 heavy (non-hydrogen) atoms. The molecule has 2 aromatic rings. The zero-order valence-electron chi connectivity index (χ0n) is 10.4. The Morgan fingerprint density at radius 3 is 2.67 bits per heavy atom. The average molecular weight is 245 g/mol. The van der Waals surface area contributed by atoms with E-state index in [0.29, 0.717) is 23.9 Å². The molecule has 0 radical (unpaired) electrons. The highest BCUT2D eigenvalue weighted by Crippen LogP contribution is 2.15. The summed E-state index contributed by atoms with van der Waals surface area (Å²) in [5.74, 6) is 1.02. The number of rotatable bonds is 4. The van der Waals surface area contributed by atoms with E-state index in [9.17, 15) is 0 Å². The molecule has 0 atom stereocenters. The van der Waals surface area contributed by atoms with Gasteiger partial charge in [0.05, 0.1) is 7.11 Å². The quantitative estimate of drug-likeness (QED) is 0.863. The van der Waals surface area contributed by atoms with Gasteiger partial charge in [-0.2, -0.15) is 0 Å².